The van der Waals surface area contributed by atoms with Gasteiger partial charge in [-0.25, -0.2) is 8.78 Å². The van der Waals surface area contributed by atoms with Gasteiger partial charge in [0.25, 0.3) is 12.3 Å². The highest BCUT2D eigenvalue weighted by atomic mass is 79.9. The smallest absolute Gasteiger partial charge is 0.255 e. The van der Waals surface area contributed by atoms with Crippen LogP contribution in [0.1, 0.15) is 10.4 Å². The lowest BCUT2D eigenvalue weighted by atomic mass is 10.1. The van der Waals surface area contributed by atoms with Gasteiger partial charge in [-0.2, -0.15) is 0 Å². The Bertz CT molecular complexity index is 470. The number of fused-ring (bicyclic) bond motifs is 1. The maximum absolute atomic E-state index is 12.4. The first-order chi connectivity index (χ1) is 9.11. The van der Waals surface area contributed by atoms with Gasteiger partial charge in [0.2, 0.25) is 6.79 Å². The van der Waals surface area contributed by atoms with Crippen LogP contribution >= 0.6 is 15.9 Å². The van der Waals surface area contributed by atoms with Crippen LogP contribution in [0.25, 0.3) is 0 Å². The van der Waals surface area contributed by atoms with Crippen molar-refractivity contribution in [3.05, 3.63) is 23.8 Å². The summed E-state index contributed by atoms with van der Waals surface area (Å²) in [4.78, 5) is 13.3. The quantitative estimate of drug-likeness (QED) is 0.776. The van der Waals surface area contributed by atoms with Crippen molar-refractivity contribution in [3.63, 3.8) is 0 Å². The molecule has 1 aliphatic heterocycles. The van der Waals surface area contributed by atoms with E-state index >= 15 is 0 Å². The molecule has 0 unspecified atom stereocenters. The van der Waals surface area contributed by atoms with E-state index in [9.17, 15) is 13.6 Å². The van der Waals surface area contributed by atoms with E-state index in [4.69, 9.17) is 9.47 Å². The van der Waals surface area contributed by atoms with E-state index in [1.165, 1.54) is 6.07 Å². The molecule has 0 saturated heterocycles. The molecule has 0 aromatic heterocycles. The topological polar surface area (TPSA) is 38.8 Å². The molecule has 104 valence electrons. The molecule has 1 amide bonds. The van der Waals surface area contributed by atoms with Gasteiger partial charge in [-0.05, 0) is 18.2 Å². The van der Waals surface area contributed by atoms with Crippen molar-refractivity contribution in [1.82, 2.24) is 4.90 Å². The summed E-state index contributed by atoms with van der Waals surface area (Å²) in [5.74, 6) is 0.567. The number of ether oxygens (including phenoxy) is 2. The third-order valence-corrected chi connectivity index (χ3v) is 2.97. The van der Waals surface area contributed by atoms with Crippen molar-refractivity contribution < 1.29 is 23.0 Å². The van der Waals surface area contributed by atoms with Crippen molar-refractivity contribution in [3.8, 4) is 11.5 Å². The summed E-state index contributed by atoms with van der Waals surface area (Å²) in [6, 6.07) is 4.66. The maximum atomic E-state index is 12.4. The molecule has 0 saturated carbocycles. The van der Waals surface area contributed by atoms with Crippen LogP contribution in [-0.2, 0) is 0 Å². The minimum Gasteiger partial charge on any atom is -0.454 e. The molecule has 0 bridgehead atoms. The Labute approximate surface area is 117 Å². The van der Waals surface area contributed by atoms with E-state index in [2.05, 4.69) is 15.9 Å². The lowest BCUT2D eigenvalue weighted by molar-refractivity contribution is 0.0572. The van der Waals surface area contributed by atoms with Crippen LogP contribution < -0.4 is 9.47 Å². The summed E-state index contributed by atoms with van der Waals surface area (Å²) in [6.07, 6.45) is -2.56. The largest absolute Gasteiger partial charge is 0.454 e. The molecule has 0 fully saturated rings. The van der Waals surface area contributed by atoms with E-state index in [0.717, 1.165) is 4.90 Å². The summed E-state index contributed by atoms with van der Waals surface area (Å²) in [6.45, 7) is -0.258. The summed E-state index contributed by atoms with van der Waals surface area (Å²) in [5.41, 5.74) is 0.311. The second-order valence-electron chi connectivity index (χ2n) is 3.90. The van der Waals surface area contributed by atoms with Gasteiger partial charge in [0, 0.05) is 17.4 Å². The molecule has 19 heavy (non-hydrogen) atoms. The van der Waals surface area contributed by atoms with Gasteiger partial charge in [0.1, 0.15) is 0 Å². The van der Waals surface area contributed by atoms with Crippen molar-refractivity contribution in [2.75, 3.05) is 25.2 Å². The molecule has 1 heterocycles. The van der Waals surface area contributed by atoms with Crippen molar-refractivity contribution in [2.45, 2.75) is 6.43 Å². The summed E-state index contributed by atoms with van der Waals surface area (Å²) >= 11 is 3.15. The van der Waals surface area contributed by atoms with E-state index in [1.54, 1.807) is 12.1 Å². The molecule has 0 aliphatic carbocycles. The third kappa shape index (κ3) is 3.34. The number of carbonyl (C=O) groups is 1. The summed E-state index contributed by atoms with van der Waals surface area (Å²) < 4.78 is 35.2. The van der Waals surface area contributed by atoms with Crippen molar-refractivity contribution in [2.24, 2.45) is 0 Å². The Morgan fingerprint density at radius 3 is 2.79 bits per heavy atom. The van der Waals surface area contributed by atoms with Gasteiger partial charge in [0.15, 0.2) is 11.5 Å². The van der Waals surface area contributed by atoms with Gasteiger partial charge in [0.05, 0.1) is 6.54 Å². The first kappa shape index (κ1) is 14.0. The summed E-state index contributed by atoms with van der Waals surface area (Å²) in [5, 5.41) is 0.440. The number of alkyl halides is 3. The first-order valence-electron chi connectivity index (χ1n) is 5.65. The number of benzene rings is 1. The number of nitrogens with zero attached hydrogens (tertiary/aromatic N) is 1. The van der Waals surface area contributed by atoms with Crippen LogP contribution in [-0.4, -0.2) is 42.4 Å². The molecule has 0 radical (unpaired) electrons. The highest BCUT2D eigenvalue weighted by molar-refractivity contribution is 9.09. The zero-order valence-corrected chi connectivity index (χ0v) is 11.5. The van der Waals surface area contributed by atoms with Crippen LogP contribution in [0.15, 0.2) is 18.2 Å². The highest BCUT2D eigenvalue weighted by Crippen LogP contribution is 2.32. The fourth-order valence-corrected chi connectivity index (χ4v) is 2.18. The zero-order chi connectivity index (χ0) is 13.8. The van der Waals surface area contributed by atoms with Gasteiger partial charge < -0.3 is 14.4 Å². The third-order valence-electron chi connectivity index (χ3n) is 2.62. The fourth-order valence-electron chi connectivity index (χ4n) is 1.76. The molecule has 2 rings (SSSR count). The number of carbonyl (C=O) groups excluding carboxylic acids is 1. The molecule has 0 atom stereocenters. The van der Waals surface area contributed by atoms with Crippen LogP contribution in [0.5, 0.6) is 11.5 Å². The van der Waals surface area contributed by atoms with Crippen LogP contribution in [0, 0.1) is 0 Å². The SMILES string of the molecule is O=C(c1ccc2c(c1)OCO2)N(CCBr)CC(F)F. The average Bonchev–Trinajstić information content (AvgIpc) is 2.84. The number of halogens is 3. The molecular weight excluding hydrogens is 324 g/mol. The lowest BCUT2D eigenvalue weighted by Crippen LogP contribution is -2.36. The molecule has 1 aliphatic rings. The number of hydrogen-bond acceptors (Lipinski definition) is 3. The molecule has 0 N–H and O–H groups in total. The van der Waals surface area contributed by atoms with Crippen molar-refractivity contribution in [1.29, 1.82) is 0 Å². The zero-order valence-electron chi connectivity index (χ0n) is 9.94. The predicted octanol–water partition coefficient (Wildman–Crippen LogP) is 2.52. The normalized spacial score (nSPS) is 12.8. The molecular formula is C12H12BrF2NO3. The van der Waals surface area contributed by atoms with Gasteiger partial charge >= 0.3 is 0 Å². The molecule has 1 aromatic carbocycles. The highest BCUT2D eigenvalue weighted by Gasteiger charge is 2.22. The van der Waals surface area contributed by atoms with E-state index in [-0.39, 0.29) is 13.3 Å². The number of hydrogen-bond donors (Lipinski definition) is 0. The van der Waals surface area contributed by atoms with Gasteiger partial charge in [-0.15, -0.1) is 0 Å². The van der Waals surface area contributed by atoms with Gasteiger partial charge in [-0.3, -0.25) is 4.79 Å². The first-order valence-corrected chi connectivity index (χ1v) is 6.77. The second kappa shape index (κ2) is 6.18. The minimum absolute atomic E-state index is 0.106. The standard InChI is InChI=1S/C12H12BrF2NO3/c13-3-4-16(6-11(14)15)12(17)8-1-2-9-10(5-8)19-7-18-9/h1-2,5,11H,3-4,6-7H2. The molecule has 4 nitrogen and oxygen atoms in total. The van der Waals surface area contributed by atoms with E-state index < -0.39 is 18.9 Å². The Balaban J connectivity index is 2.16. The van der Waals surface area contributed by atoms with E-state index in [0.29, 0.717) is 22.4 Å². The Kier molecular flexibility index (Phi) is 4.57. The van der Waals surface area contributed by atoms with Crippen LogP contribution in [0.3, 0.4) is 0 Å². The van der Waals surface area contributed by atoms with Gasteiger partial charge in [-0.1, -0.05) is 15.9 Å². The number of amides is 1. The van der Waals surface area contributed by atoms with E-state index in [1.807, 2.05) is 0 Å². The Hall–Kier alpha value is -1.37. The van der Waals surface area contributed by atoms with Crippen LogP contribution in [0.4, 0.5) is 8.78 Å². The van der Waals surface area contributed by atoms with Crippen molar-refractivity contribution >= 4 is 21.8 Å². The monoisotopic (exact) mass is 335 g/mol. The average molecular weight is 336 g/mol. The molecule has 1 aromatic rings. The maximum Gasteiger partial charge on any atom is 0.255 e. The second-order valence-corrected chi connectivity index (χ2v) is 4.69. The Morgan fingerprint density at radius 2 is 2.11 bits per heavy atom. The Morgan fingerprint density at radius 1 is 1.37 bits per heavy atom. The number of rotatable bonds is 5. The minimum atomic E-state index is -2.56. The fraction of sp³-hybridized carbons (Fsp3) is 0.417. The molecule has 7 heteroatoms. The lowest BCUT2D eigenvalue weighted by Gasteiger charge is -2.21. The van der Waals surface area contributed by atoms with Crippen LogP contribution in [0.2, 0.25) is 0 Å². The predicted molar refractivity (Wildman–Crippen MR) is 68.3 cm³/mol. The molecule has 0 spiro atoms. The summed E-state index contributed by atoms with van der Waals surface area (Å²) in [7, 11) is 0.